The van der Waals surface area contributed by atoms with Gasteiger partial charge in [-0.2, -0.15) is 0 Å². The maximum Gasteiger partial charge on any atom is 0.410 e. The van der Waals surface area contributed by atoms with Crippen molar-refractivity contribution in [1.29, 1.82) is 0 Å². The molecule has 0 aliphatic carbocycles. The predicted octanol–water partition coefficient (Wildman–Crippen LogP) is 2.76. The molecule has 0 bridgehead atoms. The van der Waals surface area contributed by atoms with E-state index in [4.69, 9.17) is 4.74 Å². The van der Waals surface area contributed by atoms with Gasteiger partial charge >= 0.3 is 6.09 Å². The number of carbonyl (C=O) groups is 2. The van der Waals surface area contributed by atoms with Crippen LogP contribution in [0.15, 0.2) is 17.5 Å². The molecule has 1 aromatic rings. The highest BCUT2D eigenvalue weighted by molar-refractivity contribution is 7.10. The number of likely N-dealkylation sites (tertiary alicyclic amines) is 1. The minimum atomic E-state index is -0.501. The Hall–Kier alpha value is -1.56. The molecule has 0 saturated carbocycles. The molecule has 0 unspecified atom stereocenters. The van der Waals surface area contributed by atoms with Crippen LogP contribution in [0.5, 0.6) is 0 Å². The van der Waals surface area contributed by atoms with Crippen LogP contribution in [-0.4, -0.2) is 53.6 Å². The first-order valence-corrected chi connectivity index (χ1v) is 8.40. The van der Waals surface area contributed by atoms with E-state index in [0.29, 0.717) is 19.5 Å². The third kappa shape index (κ3) is 4.47. The molecule has 1 atom stereocenters. The van der Waals surface area contributed by atoms with Crippen molar-refractivity contribution >= 4 is 23.3 Å². The molecular weight excluding hydrogens is 300 g/mol. The van der Waals surface area contributed by atoms with Crippen LogP contribution in [0.25, 0.3) is 0 Å². The zero-order valence-electron chi connectivity index (χ0n) is 13.7. The predicted molar refractivity (Wildman–Crippen MR) is 87.0 cm³/mol. The zero-order valence-corrected chi connectivity index (χ0v) is 14.5. The second-order valence-electron chi connectivity index (χ2n) is 6.63. The lowest BCUT2D eigenvalue weighted by Crippen LogP contribution is -2.42. The maximum absolute atomic E-state index is 12.3. The van der Waals surface area contributed by atoms with Gasteiger partial charge in [-0.25, -0.2) is 4.79 Å². The average molecular weight is 324 g/mol. The van der Waals surface area contributed by atoms with Gasteiger partial charge in [0.25, 0.3) is 0 Å². The van der Waals surface area contributed by atoms with Crippen LogP contribution in [-0.2, 0) is 16.0 Å². The second kappa shape index (κ2) is 6.69. The molecule has 1 saturated heterocycles. The Labute approximate surface area is 135 Å². The van der Waals surface area contributed by atoms with Crippen LogP contribution in [0.1, 0.15) is 32.1 Å². The van der Waals surface area contributed by atoms with Crippen molar-refractivity contribution in [1.82, 2.24) is 9.80 Å². The topological polar surface area (TPSA) is 49.9 Å². The molecule has 6 heteroatoms. The van der Waals surface area contributed by atoms with E-state index in [1.54, 1.807) is 23.3 Å². The highest BCUT2D eigenvalue weighted by Gasteiger charge is 2.32. The Morgan fingerprint density at radius 2 is 2.18 bits per heavy atom. The third-order valence-electron chi connectivity index (χ3n) is 3.65. The first kappa shape index (κ1) is 16.8. The van der Waals surface area contributed by atoms with Crippen LogP contribution in [0.3, 0.4) is 0 Å². The van der Waals surface area contributed by atoms with Crippen molar-refractivity contribution in [2.24, 2.45) is 0 Å². The van der Waals surface area contributed by atoms with Gasteiger partial charge < -0.3 is 14.5 Å². The Balaban J connectivity index is 1.86. The SMILES string of the molecule is CN(C(=O)OC(C)(C)C)[C@@H]1CCN(C(=O)Cc2cccs2)C1. The Morgan fingerprint density at radius 1 is 1.45 bits per heavy atom. The molecule has 2 rings (SSSR count). The molecule has 0 radical (unpaired) electrons. The summed E-state index contributed by atoms with van der Waals surface area (Å²) in [6, 6.07) is 3.96. The van der Waals surface area contributed by atoms with Gasteiger partial charge in [0.05, 0.1) is 12.5 Å². The lowest BCUT2D eigenvalue weighted by molar-refractivity contribution is -0.129. The fourth-order valence-electron chi connectivity index (χ4n) is 2.44. The van der Waals surface area contributed by atoms with Crippen LogP contribution < -0.4 is 0 Å². The number of hydrogen-bond donors (Lipinski definition) is 0. The van der Waals surface area contributed by atoms with Gasteiger partial charge in [0, 0.05) is 25.0 Å². The van der Waals surface area contributed by atoms with E-state index in [2.05, 4.69) is 0 Å². The van der Waals surface area contributed by atoms with Crippen LogP contribution >= 0.6 is 11.3 Å². The summed E-state index contributed by atoms with van der Waals surface area (Å²) in [5.74, 6) is 0.127. The summed E-state index contributed by atoms with van der Waals surface area (Å²) in [4.78, 5) is 28.9. The normalized spacial score (nSPS) is 18.4. The van der Waals surface area contributed by atoms with Gasteiger partial charge in [0.1, 0.15) is 5.60 Å². The quantitative estimate of drug-likeness (QED) is 0.859. The number of thiophene rings is 1. The van der Waals surface area contributed by atoms with Gasteiger partial charge in [-0.3, -0.25) is 4.79 Å². The van der Waals surface area contributed by atoms with E-state index in [1.165, 1.54) is 0 Å². The largest absolute Gasteiger partial charge is 0.444 e. The Bertz CT molecular complexity index is 522. The average Bonchev–Trinajstić information content (AvgIpc) is 3.06. The van der Waals surface area contributed by atoms with Crippen molar-refractivity contribution in [3.63, 3.8) is 0 Å². The monoisotopic (exact) mass is 324 g/mol. The lowest BCUT2D eigenvalue weighted by Gasteiger charge is -2.28. The van der Waals surface area contributed by atoms with Gasteiger partial charge in [-0.15, -0.1) is 11.3 Å². The highest BCUT2D eigenvalue weighted by atomic mass is 32.1. The summed E-state index contributed by atoms with van der Waals surface area (Å²) in [5.41, 5.74) is -0.501. The molecule has 1 aliphatic heterocycles. The molecular formula is C16H24N2O3S. The first-order valence-electron chi connectivity index (χ1n) is 7.52. The van der Waals surface area contributed by atoms with Gasteiger partial charge in [-0.1, -0.05) is 6.07 Å². The molecule has 122 valence electrons. The lowest BCUT2D eigenvalue weighted by atomic mass is 10.2. The molecule has 2 heterocycles. The zero-order chi connectivity index (χ0) is 16.3. The van der Waals surface area contributed by atoms with E-state index in [-0.39, 0.29) is 18.0 Å². The van der Waals surface area contributed by atoms with Crippen molar-refractivity contribution in [2.45, 2.75) is 45.3 Å². The molecule has 0 aromatic carbocycles. The molecule has 2 amide bonds. The fraction of sp³-hybridized carbons (Fsp3) is 0.625. The molecule has 22 heavy (non-hydrogen) atoms. The summed E-state index contributed by atoms with van der Waals surface area (Å²) >= 11 is 1.60. The van der Waals surface area contributed by atoms with E-state index >= 15 is 0 Å². The van der Waals surface area contributed by atoms with Crippen molar-refractivity contribution in [2.75, 3.05) is 20.1 Å². The van der Waals surface area contributed by atoms with Crippen LogP contribution in [0.2, 0.25) is 0 Å². The van der Waals surface area contributed by atoms with E-state index < -0.39 is 5.60 Å². The third-order valence-corrected chi connectivity index (χ3v) is 4.53. The first-order chi connectivity index (χ1) is 10.3. The Kier molecular flexibility index (Phi) is 5.11. The molecule has 1 aliphatic rings. The van der Waals surface area contributed by atoms with Crippen molar-refractivity contribution in [3.05, 3.63) is 22.4 Å². The second-order valence-corrected chi connectivity index (χ2v) is 7.66. The summed E-state index contributed by atoms with van der Waals surface area (Å²) in [5, 5.41) is 1.98. The summed E-state index contributed by atoms with van der Waals surface area (Å²) < 4.78 is 5.38. The molecule has 0 N–H and O–H groups in total. The van der Waals surface area contributed by atoms with Gasteiger partial charge in [0.15, 0.2) is 0 Å². The Morgan fingerprint density at radius 3 is 2.77 bits per heavy atom. The number of likely N-dealkylation sites (N-methyl/N-ethyl adjacent to an activating group) is 1. The van der Waals surface area contributed by atoms with Gasteiger partial charge in [0.2, 0.25) is 5.91 Å². The van der Waals surface area contributed by atoms with Gasteiger partial charge in [-0.05, 0) is 38.6 Å². The number of ether oxygens (including phenoxy) is 1. The molecule has 1 fully saturated rings. The summed E-state index contributed by atoms with van der Waals surface area (Å²) in [7, 11) is 1.74. The number of carbonyl (C=O) groups excluding carboxylic acids is 2. The van der Waals surface area contributed by atoms with E-state index in [1.807, 2.05) is 43.2 Å². The fourth-order valence-corrected chi connectivity index (χ4v) is 3.14. The minimum absolute atomic E-state index is 0.0298. The molecule has 5 nitrogen and oxygen atoms in total. The summed E-state index contributed by atoms with van der Waals surface area (Å²) in [6.07, 6.45) is 0.914. The highest BCUT2D eigenvalue weighted by Crippen LogP contribution is 2.19. The van der Waals surface area contributed by atoms with Crippen LogP contribution in [0.4, 0.5) is 4.79 Å². The van der Waals surface area contributed by atoms with E-state index in [9.17, 15) is 9.59 Å². The number of hydrogen-bond acceptors (Lipinski definition) is 4. The maximum atomic E-state index is 12.3. The minimum Gasteiger partial charge on any atom is -0.444 e. The van der Waals surface area contributed by atoms with Crippen molar-refractivity contribution in [3.8, 4) is 0 Å². The smallest absolute Gasteiger partial charge is 0.410 e. The standard InChI is InChI=1S/C16H24N2O3S/c1-16(2,3)21-15(20)17(4)12-7-8-18(11-12)14(19)10-13-6-5-9-22-13/h5-6,9,12H,7-8,10-11H2,1-4H3/t12-/m1/s1. The van der Waals surface area contributed by atoms with Crippen LogP contribution in [0, 0.1) is 0 Å². The summed E-state index contributed by atoms with van der Waals surface area (Å²) in [6.45, 7) is 6.83. The molecule has 0 spiro atoms. The number of nitrogens with zero attached hydrogens (tertiary/aromatic N) is 2. The van der Waals surface area contributed by atoms with E-state index in [0.717, 1.165) is 11.3 Å². The van der Waals surface area contributed by atoms with Crippen molar-refractivity contribution < 1.29 is 14.3 Å². The number of amides is 2. The molecule has 1 aromatic heterocycles. The number of rotatable bonds is 3.